The molecule has 3 aromatic carbocycles. The van der Waals surface area contributed by atoms with Gasteiger partial charge in [0, 0.05) is 17.4 Å². The molecule has 0 radical (unpaired) electrons. The Bertz CT molecular complexity index is 1690. The van der Waals surface area contributed by atoms with Crippen molar-refractivity contribution in [2.24, 2.45) is 0 Å². The number of nitrogens with one attached hydrogen (secondary N) is 1. The number of methoxy groups -OCH3 is 2. The number of ether oxygens (including phenoxy) is 3. The molecule has 0 spiro atoms. The van der Waals surface area contributed by atoms with E-state index in [2.05, 4.69) is 10.3 Å². The van der Waals surface area contributed by atoms with Crippen molar-refractivity contribution in [2.45, 2.75) is 12.1 Å². The van der Waals surface area contributed by atoms with E-state index < -0.39 is 0 Å². The predicted octanol–water partition coefficient (Wildman–Crippen LogP) is 7.11. The van der Waals surface area contributed by atoms with Crippen LogP contribution in [0.5, 0.6) is 17.2 Å². The number of esters is 1. The van der Waals surface area contributed by atoms with Crippen LogP contribution < -0.4 is 19.7 Å². The van der Waals surface area contributed by atoms with Crippen LogP contribution in [0.15, 0.2) is 114 Å². The van der Waals surface area contributed by atoms with Gasteiger partial charge in [-0.05, 0) is 97.1 Å². The van der Waals surface area contributed by atoms with E-state index in [4.69, 9.17) is 30.8 Å². The van der Waals surface area contributed by atoms with Gasteiger partial charge in [-0.25, -0.2) is 4.79 Å². The molecule has 1 fully saturated rings. The number of furan rings is 1. The summed E-state index contributed by atoms with van der Waals surface area (Å²) in [4.78, 5) is 18.5. The van der Waals surface area contributed by atoms with E-state index in [1.807, 2.05) is 95.9 Å². The highest BCUT2D eigenvalue weighted by Gasteiger charge is 2.42. The molecule has 2 atom stereocenters. The van der Waals surface area contributed by atoms with Gasteiger partial charge in [-0.15, -0.1) is 0 Å². The van der Waals surface area contributed by atoms with Gasteiger partial charge in [0.2, 0.25) is 0 Å². The summed E-state index contributed by atoms with van der Waals surface area (Å²) < 4.78 is 22.5. The minimum Gasteiger partial charge on any atom is -0.497 e. The van der Waals surface area contributed by atoms with Crippen molar-refractivity contribution in [3.63, 3.8) is 0 Å². The predicted molar refractivity (Wildman–Crippen MR) is 163 cm³/mol. The zero-order chi connectivity index (χ0) is 29.1. The van der Waals surface area contributed by atoms with Gasteiger partial charge < -0.3 is 28.8 Å². The summed E-state index contributed by atoms with van der Waals surface area (Å²) >= 11 is 5.85. The molecular weight excluding hydrogens is 550 g/mol. The topological polar surface area (TPSA) is 86.1 Å². The van der Waals surface area contributed by atoms with Crippen LogP contribution in [0, 0.1) is 0 Å². The molecule has 42 heavy (non-hydrogen) atoms. The fraction of sp³-hybridized carbons (Fsp3) is 0.121. The first-order chi connectivity index (χ1) is 20.5. The van der Waals surface area contributed by atoms with E-state index >= 15 is 0 Å². The second-order valence-corrected chi connectivity index (χ2v) is 9.93. The number of hydrogen-bond donors (Lipinski definition) is 1. The van der Waals surface area contributed by atoms with Crippen LogP contribution >= 0.6 is 12.2 Å². The van der Waals surface area contributed by atoms with Crippen LogP contribution in [-0.2, 0) is 4.74 Å². The maximum atomic E-state index is 11.9. The number of aromatic nitrogens is 1. The van der Waals surface area contributed by atoms with Crippen LogP contribution in [0.3, 0.4) is 0 Å². The second kappa shape index (κ2) is 11.8. The number of benzene rings is 3. The van der Waals surface area contributed by atoms with E-state index in [1.54, 1.807) is 25.4 Å². The number of thiocarbonyl (C=S) groups is 1. The van der Waals surface area contributed by atoms with Crippen molar-refractivity contribution in [3.8, 4) is 28.6 Å². The first-order valence-corrected chi connectivity index (χ1v) is 13.7. The number of anilines is 1. The molecule has 0 bridgehead atoms. The lowest BCUT2D eigenvalue weighted by atomic mass is 10.0. The summed E-state index contributed by atoms with van der Waals surface area (Å²) in [6, 6.07) is 31.4. The van der Waals surface area contributed by atoms with Crippen molar-refractivity contribution >= 4 is 29.0 Å². The van der Waals surface area contributed by atoms with E-state index in [9.17, 15) is 4.79 Å². The Kier molecular flexibility index (Phi) is 7.57. The molecule has 210 valence electrons. The molecule has 3 heterocycles. The summed E-state index contributed by atoms with van der Waals surface area (Å²) in [6.45, 7) is 0. The van der Waals surface area contributed by atoms with E-state index in [-0.39, 0.29) is 18.1 Å². The second-order valence-electron chi connectivity index (χ2n) is 9.54. The number of carbonyl (C=O) groups excluding carboxylic acids is 1. The monoisotopic (exact) mass is 577 g/mol. The van der Waals surface area contributed by atoms with Gasteiger partial charge in [0.15, 0.2) is 5.11 Å². The minimum atomic E-state index is -0.388. The van der Waals surface area contributed by atoms with Crippen LogP contribution in [0.2, 0.25) is 0 Å². The van der Waals surface area contributed by atoms with Gasteiger partial charge >= 0.3 is 5.97 Å². The summed E-state index contributed by atoms with van der Waals surface area (Å²) in [7, 11) is 2.99. The molecule has 1 N–H and O–H groups in total. The zero-order valence-electron chi connectivity index (χ0n) is 22.9. The molecule has 8 nitrogen and oxygen atoms in total. The van der Waals surface area contributed by atoms with Crippen molar-refractivity contribution in [2.75, 3.05) is 19.1 Å². The fourth-order valence-electron chi connectivity index (χ4n) is 4.93. The van der Waals surface area contributed by atoms with Gasteiger partial charge in [-0.2, -0.15) is 0 Å². The van der Waals surface area contributed by atoms with Gasteiger partial charge in [-0.3, -0.25) is 4.98 Å². The van der Waals surface area contributed by atoms with Gasteiger partial charge in [0.1, 0.15) is 34.8 Å². The van der Waals surface area contributed by atoms with Crippen molar-refractivity contribution in [1.82, 2.24) is 10.3 Å². The molecular formula is C33H27N3O5S. The summed E-state index contributed by atoms with van der Waals surface area (Å²) in [5.74, 6) is 3.15. The Morgan fingerprint density at radius 2 is 1.55 bits per heavy atom. The smallest absolute Gasteiger partial charge is 0.337 e. The summed E-state index contributed by atoms with van der Waals surface area (Å²) in [5.41, 5.74) is 3.02. The van der Waals surface area contributed by atoms with Gasteiger partial charge in [-0.1, -0.05) is 18.2 Å². The third-order valence-corrected chi connectivity index (χ3v) is 7.33. The lowest BCUT2D eigenvalue weighted by Gasteiger charge is -2.26. The number of carbonyl (C=O) groups is 1. The van der Waals surface area contributed by atoms with Crippen molar-refractivity contribution in [1.29, 1.82) is 0 Å². The summed E-state index contributed by atoms with van der Waals surface area (Å²) in [6.07, 6.45) is 1.77. The third-order valence-electron chi connectivity index (χ3n) is 7.02. The van der Waals surface area contributed by atoms with Crippen LogP contribution in [-0.4, -0.2) is 30.3 Å². The number of nitrogens with zero attached hydrogens (tertiary/aromatic N) is 2. The molecule has 5 aromatic rings. The van der Waals surface area contributed by atoms with Gasteiger partial charge in [0.05, 0.1) is 31.5 Å². The van der Waals surface area contributed by atoms with Gasteiger partial charge in [0.25, 0.3) is 0 Å². The first kappa shape index (κ1) is 27.0. The molecule has 1 aliphatic rings. The summed E-state index contributed by atoms with van der Waals surface area (Å²) in [5, 5.41) is 4.00. The number of hydrogen-bond acceptors (Lipinski definition) is 7. The van der Waals surface area contributed by atoms with E-state index in [0.29, 0.717) is 33.7 Å². The number of rotatable bonds is 8. The molecule has 0 saturated carbocycles. The molecule has 6 rings (SSSR count). The lowest BCUT2D eigenvalue weighted by Crippen LogP contribution is -2.29. The maximum Gasteiger partial charge on any atom is 0.337 e. The van der Waals surface area contributed by atoms with Crippen LogP contribution in [0.1, 0.15) is 33.9 Å². The molecule has 0 aliphatic carbocycles. The third kappa shape index (κ3) is 5.42. The molecule has 1 aliphatic heterocycles. The fourth-order valence-corrected chi connectivity index (χ4v) is 5.28. The van der Waals surface area contributed by atoms with Crippen molar-refractivity contribution in [3.05, 3.63) is 126 Å². The quantitative estimate of drug-likeness (QED) is 0.153. The Morgan fingerprint density at radius 1 is 0.857 bits per heavy atom. The Balaban J connectivity index is 1.31. The van der Waals surface area contributed by atoms with E-state index in [0.717, 1.165) is 22.7 Å². The van der Waals surface area contributed by atoms with E-state index in [1.165, 1.54) is 7.11 Å². The lowest BCUT2D eigenvalue weighted by molar-refractivity contribution is 0.0600. The first-order valence-electron chi connectivity index (χ1n) is 13.2. The normalized spacial score (nSPS) is 16.1. The average molecular weight is 578 g/mol. The molecule has 2 aromatic heterocycles. The van der Waals surface area contributed by atoms with Crippen molar-refractivity contribution < 1.29 is 23.4 Å². The SMILES string of the molecule is COC(=O)c1ccc(-c2ccc([C@@H]3[C@@H](c4ccccn4)NC(=S)N3c3ccc(Oc4ccc(OC)cc4)cc3)o2)cc1. The molecule has 9 heteroatoms. The largest absolute Gasteiger partial charge is 0.497 e. The highest BCUT2D eigenvalue weighted by atomic mass is 32.1. The number of pyridine rings is 1. The van der Waals surface area contributed by atoms with Crippen LogP contribution in [0.4, 0.5) is 5.69 Å². The Labute approximate surface area is 248 Å². The Morgan fingerprint density at radius 3 is 2.19 bits per heavy atom. The average Bonchev–Trinajstić information content (AvgIpc) is 3.67. The standard InChI is InChI=1S/C33H27N3O5S/c1-38-24-14-16-26(17-15-24)40-25-12-10-23(11-13-25)36-31(30(35-33(36)42)27-5-3-4-20-34-27)29-19-18-28(41-29)21-6-8-22(9-7-21)32(37)39-2/h3-20,30-31H,1-2H3,(H,35,42)/t30-,31-/m1/s1. The highest BCUT2D eigenvalue weighted by Crippen LogP contribution is 2.43. The Hall–Kier alpha value is -5.15. The van der Waals surface area contributed by atoms with Crippen LogP contribution in [0.25, 0.3) is 11.3 Å². The minimum absolute atomic E-state index is 0.255. The molecule has 0 unspecified atom stereocenters. The highest BCUT2D eigenvalue weighted by molar-refractivity contribution is 7.80. The maximum absolute atomic E-state index is 11.9. The zero-order valence-corrected chi connectivity index (χ0v) is 23.7. The molecule has 1 saturated heterocycles. The molecule has 0 amide bonds.